The fourth-order valence-corrected chi connectivity index (χ4v) is 5.14. The zero-order valence-corrected chi connectivity index (χ0v) is 23.9. The molecule has 0 radical (unpaired) electrons. The number of hydrogen-bond donors (Lipinski definition) is 6. The number of hydrogen-bond acceptors (Lipinski definition) is 9. The molecule has 1 spiro atoms. The summed E-state index contributed by atoms with van der Waals surface area (Å²) in [6.07, 6.45) is -4.78. The number of rotatable bonds is 13. The predicted molar refractivity (Wildman–Crippen MR) is 155 cm³/mol. The maximum absolute atomic E-state index is 13.4. The largest absolute Gasteiger partial charge is 0.492 e. The van der Waals surface area contributed by atoms with Crippen LogP contribution >= 0.6 is 0 Å². The lowest BCUT2D eigenvalue weighted by atomic mass is 9.77. The van der Waals surface area contributed by atoms with Gasteiger partial charge in [0, 0.05) is 44.7 Å². The lowest BCUT2D eigenvalue weighted by Gasteiger charge is -2.38. The average Bonchev–Trinajstić information content (AvgIpc) is 3.27. The Kier molecular flexibility index (Phi) is 10.7. The molecule has 4 rings (SSSR count). The quantitative estimate of drug-likeness (QED) is 0.155. The van der Waals surface area contributed by atoms with Crippen LogP contribution in [0.3, 0.4) is 0 Å². The van der Waals surface area contributed by atoms with E-state index in [9.17, 15) is 32.6 Å². The van der Waals surface area contributed by atoms with Gasteiger partial charge in [0.05, 0.1) is 24.8 Å². The first-order valence-electron chi connectivity index (χ1n) is 14.2. The zero-order chi connectivity index (χ0) is 32.1. The van der Waals surface area contributed by atoms with Gasteiger partial charge in [0.25, 0.3) is 0 Å². The van der Waals surface area contributed by atoms with E-state index in [1.807, 2.05) is 0 Å². The highest BCUT2D eigenvalue weighted by Crippen LogP contribution is 2.38. The van der Waals surface area contributed by atoms with Crippen molar-refractivity contribution in [2.24, 2.45) is 17.2 Å². The van der Waals surface area contributed by atoms with Gasteiger partial charge in [-0.15, -0.1) is 0 Å². The molecule has 0 saturated carbocycles. The average molecular weight is 620 g/mol. The molecular weight excluding hydrogens is 584 g/mol. The van der Waals surface area contributed by atoms with Gasteiger partial charge < -0.3 is 47.1 Å². The fraction of sp³-hybridized carbons (Fsp3) is 0.464. The van der Waals surface area contributed by atoms with Crippen molar-refractivity contribution in [1.82, 2.24) is 10.2 Å². The molecule has 9 N–H and O–H groups in total. The Hall–Kier alpha value is -3.54. The summed E-state index contributed by atoms with van der Waals surface area (Å²) in [6.45, 7) is 1.65. The number of ether oxygens (including phenoxy) is 1. The molecule has 0 unspecified atom stereocenters. The van der Waals surface area contributed by atoms with E-state index in [1.165, 1.54) is 17.0 Å². The van der Waals surface area contributed by atoms with Crippen molar-refractivity contribution >= 4 is 36.0 Å². The minimum atomic E-state index is -4.54. The number of benzene rings is 2. The molecule has 1 fully saturated rings. The second-order valence-corrected chi connectivity index (χ2v) is 10.8. The number of amides is 3. The smallest absolute Gasteiger partial charge is 0.423 e. The molecule has 44 heavy (non-hydrogen) atoms. The summed E-state index contributed by atoms with van der Waals surface area (Å²) >= 11 is 0. The molecule has 2 heterocycles. The molecule has 2 atom stereocenters. The Morgan fingerprint density at radius 1 is 1.05 bits per heavy atom. The van der Waals surface area contributed by atoms with Crippen LogP contribution in [0.2, 0.25) is 0 Å². The van der Waals surface area contributed by atoms with Gasteiger partial charge in [-0.3, -0.25) is 14.4 Å². The van der Waals surface area contributed by atoms with Gasteiger partial charge in [0.1, 0.15) is 11.6 Å². The summed E-state index contributed by atoms with van der Waals surface area (Å²) in [7, 11) is -1.22. The van der Waals surface area contributed by atoms with Crippen molar-refractivity contribution < 1.29 is 42.0 Å². The number of fused-ring (bicyclic) bond motifs is 2. The second-order valence-electron chi connectivity index (χ2n) is 10.8. The molecule has 0 aliphatic carbocycles. The van der Waals surface area contributed by atoms with E-state index in [-0.39, 0.29) is 51.5 Å². The number of nitrogens with two attached hydrogens (primary N) is 3. The van der Waals surface area contributed by atoms with Crippen LogP contribution in [0.5, 0.6) is 0 Å². The van der Waals surface area contributed by atoms with Gasteiger partial charge in [-0.05, 0) is 47.3 Å². The molecule has 3 amide bonds. The van der Waals surface area contributed by atoms with Crippen LogP contribution in [0.1, 0.15) is 29.5 Å². The summed E-state index contributed by atoms with van der Waals surface area (Å²) in [5.41, 5.74) is 17.4. The minimum absolute atomic E-state index is 0.0287. The summed E-state index contributed by atoms with van der Waals surface area (Å²) in [6, 6.07) is 6.69. The SMILES string of the molecule is NCCN(CCN)C(=O)CC[C@H](N)C(=O)N[C@H](Cc1ccc(C(F)(F)F)cc1)C(=O)Nc1ccc2c(c1)B(O)OC21COC1. The van der Waals surface area contributed by atoms with Crippen LogP contribution in [0.4, 0.5) is 18.9 Å². The first kappa shape index (κ1) is 33.4. The molecular formula is C28H36BF3N6O6. The van der Waals surface area contributed by atoms with Crippen LogP contribution < -0.4 is 33.3 Å². The first-order chi connectivity index (χ1) is 20.9. The number of nitrogens with one attached hydrogen (secondary N) is 2. The lowest BCUT2D eigenvalue weighted by molar-refractivity contribution is -0.168. The topological polar surface area (TPSA) is 195 Å². The maximum Gasteiger partial charge on any atom is 0.492 e. The van der Waals surface area contributed by atoms with E-state index in [1.54, 1.807) is 18.2 Å². The van der Waals surface area contributed by atoms with Crippen LogP contribution in [0.25, 0.3) is 0 Å². The normalized spacial score (nSPS) is 16.6. The van der Waals surface area contributed by atoms with Crippen molar-refractivity contribution in [3.8, 4) is 0 Å². The molecule has 2 aromatic rings. The van der Waals surface area contributed by atoms with Crippen LogP contribution in [-0.4, -0.2) is 86.2 Å². The third-order valence-electron chi connectivity index (χ3n) is 7.59. The van der Waals surface area contributed by atoms with Gasteiger partial charge in [0.15, 0.2) is 0 Å². The van der Waals surface area contributed by atoms with E-state index in [2.05, 4.69) is 10.6 Å². The first-order valence-corrected chi connectivity index (χ1v) is 14.2. The fourth-order valence-electron chi connectivity index (χ4n) is 5.14. The molecule has 0 aromatic heterocycles. The molecule has 12 nitrogen and oxygen atoms in total. The number of halogens is 3. The highest BCUT2D eigenvalue weighted by atomic mass is 19.4. The Labute approximate surface area is 252 Å². The summed E-state index contributed by atoms with van der Waals surface area (Å²) in [5.74, 6) is -1.67. The highest BCUT2D eigenvalue weighted by molar-refractivity contribution is 6.62. The van der Waals surface area contributed by atoms with Gasteiger partial charge >= 0.3 is 13.3 Å². The van der Waals surface area contributed by atoms with Gasteiger partial charge in [-0.2, -0.15) is 13.2 Å². The summed E-state index contributed by atoms with van der Waals surface area (Å²) < 4.78 is 50.1. The Morgan fingerprint density at radius 3 is 2.27 bits per heavy atom. The van der Waals surface area contributed by atoms with E-state index >= 15 is 0 Å². The Bertz CT molecular complexity index is 1340. The lowest BCUT2D eigenvalue weighted by Crippen LogP contribution is -2.51. The summed E-state index contributed by atoms with van der Waals surface area (Å²) in [4.78, 5) is 40.5. The van der Waals surface area contributed by atoms with Crippen molar-refractivity contribution in [1.29, 1.82) is 0 Å². The molecule has 2 aliphatic rings. The molecule has 16 heteroatoms. The number of carbonyl (C=O) groups is 3. The van der Waals surface area contributed by atoms with Crippen molar-refractivity contribution in [2.45, 2.75) is 43.1 Å². The molecule has 2 aliphatic heterocycles. The molecule has 0 bridgehead atoms. The standard InChI is InChI=1S/C28H36BF3N6O6/c30-28(31,32)18-3-1-17(2-4-18)13-23(37-25(40)22(35)7-8-24(39)38(11-9-33)12-10-34)26(41)36-19-5-6-20-21(14-19)29(42)44-27(20)15-43-16-27/h1-6,14,22-23,42H,7-13,15-16,33-35H2,(H,36,41)(H,37,40)/t22-,23+/m0/s1. The second kappa shape index (κ2) is 14.1. The Morgan fingerprint density at radius 2 is 1.70 bits per heavy atom. The van der Waals surface area contributed by atoms with E-state index in [4.69, 9.17) is 26.6 Å². The third kappa shape index (κ3) is 7.75. The van der Waals surface area contributed by atoms with E-state index < -0.39 is 48.4 Å². The molecule has 2 aromatic carbocycles. The number of carbonyl (C=O) groups excluding carboxylic acids is 3. The zero-order valence-electron chi connectivity index (χ0n) is 23.9. The highest BCUT2D eigenvalue weighted by Gasteiger charge is 2.52. The van der Waals surface area contributed by atoms with Gasteiger partial charge in [-0.1, -0.05) is 18.2 Å². The molecule has 1 saturated heterocycles. The van der Waals surface area contributed by atoms with Crippen molar-refractivity contribution in [3.63, 3.8) is 0 Å². The number of anilines is 1. The van der Waals surface area contributed by atoms with Crippen molar-refractivity contribution in [3.05, 3.63) is 59.2 Å². The van der Waals surface area contributed by atoms with Crippen LogP contribution in [0, 0.1) is 0 Å². The van der Waals surface area contributed by atoms with E-state index in [0.29, 0.717) is 29.8 Å². The third-order valence-corrected chi connectivity index (χ3v) is 7.59. The predicted octanol–water partition coefficient (Wildman–Crippen LogP) is -0.832. The van der Waals surface area contributed by atoms with Crippen LogP contribution in [-0.2, 0) is 42.0 Å². The van der Waals surface area contributed by atoms with E-state index in [0.717, 1.165) is 17.7 Å². The van der Waals surface area contributed by atoms with Gasteiger partial charge in [0.2, 0.25) is 17.7 Å². The van der Waals surface area contributed by atoms with Crippen molar-refractivity contribution in [2.75, 3.05) is 44.7 Å². The number of alkyl halides is 3. The Balaban J connectivity index is 1.47. The summed E-state index contributed by atoms with van der Waals surface area (Å²) in [5, 5.41) is 15.7. The minimum Gasteiger partial charge on any atom is -0.423 e. The monoisotopic (exact) mass is 620 g/mol. The van der Waals surface area contributed by atoms with Crippen LogP contribution in [0.15, 0.2) is 42.5 Å². The number of nitrogens with zero attached hydrogens (tertiary/aromatic N) is 1. The van der Waals surface area contributed by atoms with Gasteiger partial charge in [-0.25, -0.2) is 0 Å². The molecule has 238 valence electrons. The maximum atomic E-state index is 13.4.